The summed E-state index contributed by atoms with van der Waals surface area (Å²) in [5.41, 5.74) is 0.0712. The number of hydrogen-bond donors (Lipinski definition) is 2. The SMILES string of the molecule is O=C(O)c1ccccc1C(=O)Nc1ncc(Br)s1. The van der Waals surface area contributed by atoms with E-state index in [9.17, 15) is 9.59 Å². The lowest BCUT2D eigenvalue weighted by molar-refractivity contribution is 0.0692. The maximum absolute atomic E-state index is 11.9. The molecule has 2 aromatic rings. The molecule has 18 heavy (non-hydrogen) atoms. The van der Waals surface area contributed by atoms with Crippen LogP contribution in [0.25, 0.3) is 0 Å². The molecule has 2 N–H and O–H groups in total. The van der Waals surface area contributed by atoms with Crippen molar-refractivity contribution in [2.75, 3.05) is 5.32 Å². The molecule has 0 spiro atoms. The van der Waals surface area contributed by atoms with Gasteiger partial charge >= 0.3 is 5.97 Å². The van der Waals surface area contributed by atoms with Crippen LogP contribution in [0.3, 0.4) is 0 Å². The van der Waals surface area contributed by atoms with Gasteiger partial charge in [0.25, 0.3) is 5.91 Å². The summed E-state index contributed by atoms with van der Waals surface area (Å²) in [4.78, 5) is 26.9. The summed E-state index contributed by atoms with van der Waals surface area (Å²) in [5.74, 6) is -1.63. The van der Waals surface area contributed by atoms with Crippen molar-refractivity contribution in [3.8, 4) is 0 Å². The van der Waals surface area contributed by atoms with E-state index in [1.807, 2.05) is 0 Å². The molecule has 0 atom stereocenters. The summed E-state index contributed by atoms with van der Waals surface area (Å²) < 4.78 is 0.782. The number of rotatable bonds is 3. The highest BCUT2D eigenvalue weighted by molar-refractivity contribution is 9.11. The van der Waals surface area contributed by atoms with Gasteiger partial charge in [0.15, 0.2) is 5.13 Å². The molecule has 1 amide bonds. The van der Waals surface area contributed by atoms with Crippen LogP contribution in [0.2, 0.25) is 0 Å². The van der Waals surface area contributed by atoms with Gasteiger partial charge in [-0.25, -0.2) is 9.78 Å². The van der Waals surface area contributed by atoms with Crippen LogP contribution in [-0.4, -0.2) is 22.0 Å². The van der Waals surface area contributed by atoms with E-state index in [0.717, 1.165) is 3.79 Å². The molecule has 0 bridgehead atoms. The minimum Gasteiger partial charge on any atom is -0.478 e. The van der Waals surface area contributed by atoms with Gasteiger partial charge in [-0.1, -0.05) is 23.5 Å². The number of aromatic carboxylic acids is 1. The van der Waals surface area contributed by atoms with Gasteiger partial charge in [-0.05, 0) is 28.1 Å². The van der Waals surface area contributed by atoms with Crippen LogP contribution in [0.1, 0.15) is 20.7 Å². The molecular formula is C11H7BrN2O3S. The second kappa shape index (κ2) is 5.28. The van der Waals surface area contributed by atoms with Crippen LogP contribution in [0.15, 0.2) is 34.2 Å². The maximum atomic E-state index is 11.9. The molecule has 0 aliphatic heterocycles. The van der Waals surface area contributed by atoms with Crippen molar-refractivity contribution < 1.29 is 14.7 Å². The summed E-state index contributed by atoms with van der Waals surface area (Å²) in [7, 11) is 0. The van der Waals surface area contributed by atoms with Crippen molar-refractivity contribution in [1.82, 2.24) is 4.98 Å². The molecule has 92 valence electrons. The zero-order chi connectivity index (χ0) is 13.1. The number of anilines is 1. The fourth-order valence-corrected chi connectivity index (χ4v) is 2.45. The standard InChI is InChI=1S/C11H7BrN2O3S/c12-8-5-13-11(18-8)14-9(15)6-3-1-2-4-7(6)10(16)17/h1-5H,(H,16,17)(H,13,14,15). The molecular weight excluding hydrogens is 320 g/mol. The summed E-state index contributed by atoms with van der Waals surface area (Å²) in [6.45, 7) is 0. The molecule has 0 aliphatic carbocycles. The van der Waals surface area contributed by atoms with Crippen LogP contribution in [-0.2, 0) is 0 Å². The van der Waals surface area contributed by atoms with Gasteiger partial charge in [-0.2, -0.15) is 0 Å². The lowest BCUT2D eigenvalue weighted by Gasteiger charge is -2.04. The summed E-state index contributed by atoms with van der Waals surface area (Å²) >= 11 is 4.48. The predicted molar refractivity (Wildman–Crippen MR) is 71.2 cm³/mol. The Labute approximate surface area is 115 Å². The first-order chi connectivity index (χ1) is 8.58. The van der Waals surface area contributed by atoms with E-state index in [2.05, 4.69) is 26.2 Å². The third kappa shape index (κ3) is 2.74. The number of carbonyl (C=O) groups is 2. The highest BCUT2D eigenvalue weighted by Gasteiger charge is 2.16. The molecule has 1 aromatic heterocycles. The molecule has 0 fully saturated rings. The fourth-order valence-electron chi connectivity index (χ4n) is 1.34. The molecule has 1 heterocycles. The average molecular weight is 327 g/mol. The number of benzene rings is 1. The topological polar surface area (TPSA) is 79.3 Å². The molecule has 7 heteroatoms. The van der Waals surface area contributed by atoms with Crippen molar-refractivity contribution in [2.24, 2.45) is 0 Å². The molecule has 5 nitrogen and oxygen atoms in total. The largest absolute Gasteiger partial charge is 0.478 e. The number of aromatic nitrogens is 1. The van der Waals surface area contributed by atoms with Crippen LogP contribution < -0.4 is 5.32 Å². The Kier molecular flexibility index (Phi) is 3.73. The van der Waals surface area contributed by atoms with Crippen molar-refractivity contribution >= 4 is 44.3 Å². The number of carboxylic acids is 1. The van der Waals surface area contributed by atoms with Crippen molar-refractivity contribution in [1.29, 1.82) is 0 Å². The third-order valence-corrected chi connectivity index (χ3v) is 3.49. The van der Waals surface area contributed by atoms with Crippen LogP contribution in [0.5, 0.6) is 0 Å². The average Bonchev–Trinajstić information content (AvgIpc) is 2.74. The number of nitrogens with one attached hydrogen (secondary N) is 1. The second-order valence-corrected chi connectivity index (χ2v) is 5.68. The van der Waals surface area contributed by atoms with Crippen LogP contribution >= 0.6 is 27.3 Å². The van der Waals surface area contributed by atoms with E-state index < -0.39 is 11.9 Å². The van der Waals surface area contributed by atoms with Crippen molar-refractivity contribution in [3.05, 3.63) is 45.4 Å². The molecule has 0 unspecified atom stereocenters. The van der Waals surface area contributed by atoms with Crippen LogP contribution in [0.4, 0.5) is 5.13 Å². The molecule has 0 saturated carbocycles. The highest BCUT2D eigenvalue weighted by Crippen LogP contribution is 2.23. The first kappa shape index (κ1) is 12.7. The smallest absolute Gasteiger partial charge is 0.336 e. The van der Waals surface area contributed by atoms with E-state index in [-0.39, 0.29) is 11.1 Å². The van der Waals surface area contributed by atoms with Crippen LogP contribution in [0, 0.1) is 0 Å². The normalized spacial score (nSPS) is 10.1. The molecule has 0 saturated heterocycles. The van der Waals surface area contributed by atoms with Gasteiger partial charge in [0, 0.05) is 0 Å². The number of carboxylic acid groups (broad SMARTS) is 1. The summed E-state index contributed by atoms with van der Waals surface area (Å²) in [6, 6.07) is 6.02. The van der Waals surface area contributed by atoms with E-state index in [1.54, 1.807) is 18.3 Å². The first-order valence-electron chi connectivity index (χ1n) is 4.83. The fraction of sp³-hybridized carbons (Fsp3) is 0. The van der Waals surface area contributed by atoms with E-state index in [0.29, 0.717) is 5.13 Å². The zero-order valence-electron chi connectivity index (χ0n) is 8.88. The predicted octanol–water partition coefficient (Wildman–Crippen LogP) is 2.86. The number of hydrogen-bond acceptors (Lipinski definition) is 4. The Morgan fingerprint density at radius 2 is 1.94 bits per heavy atom. The van der Waals surface area contributed by atoms with Gasteiger partial charge in [0.1, 0.15) is 0 Å². The van der Waals surface area contributed by atoms with Gasteiger partial charge in [0.2, 0.25) is 0 Å². The van der Waals surface area contributed by atoms with Crippen molar-refractivity contribution in [3.63, 3.8) is 0 Å². The Morgan fingerprint density at radius 1 is 1.28 bits per heavy atom. The quantitative estimate of drug-likeness (QED) is 0.908. The Bertz CT molecular complexity index is 612. The third-order valence-electron chi connectivity index (χ3n) is 2.10. The van der Waals surface area contributed by atoms with Crippen molar-refractivity contribution in [2.45, 2.75) is 0 Å². The van der Waals surface area contributed by atoms with Gasteiger partial charge in [-0.3, -0.25) is 10.1 Å². The van der Waals surface area contributed by atoms with E-state index >= 15 is 0 Å². The summed E-state index contributed by atoms with van der Waals surface area (Å²) in [5, 5.41) is 11.9. The molecule has 0 aliphatic rings. The zero-order valence-corrected chi connectivity index (χ0v) is 11.3. The second-order valence-electron chi connectivity index (χ2n) is 3.27. The Balaban J connectivity index is 2.26. The van der Waals surface area contributed by atoms with E-state index in [1.165, 1.54) is 23.5 Å². The summed E-state index contributed by atoms with van der Waals surface area (Å²) in [6.07, 6.45) is 1.56. The number of thiazole rings is 1. The Hall–Kier alpha value is -1.73. The van der Waals surface area contributed by atoms with E-state index in [4.69, 9.17) is 5.11 Å². The molecule has 0 radical (unpaired) electrons. The van der Waals surface area contributed by atoms with Gasteiger partial charge in [-0.15, -0.1) is 0 Å². The Morgan fingerprint density at radius 3 is 2.50 bits per heavy atom. The number of nitrogens with zero attached hydrogens (tertiary/aromatic N) is 1. The lowest BCUT2D eigenvalue weighted by Crippen LogP contribution is -2.16. The number of halogens is 1. The minimum atomic E-state index is -1.14. The molecule has 1 aromatic carbocycles. The van der Waals surface area contributed by atoms with Gasteiger partial charge in [0.05, 0.1) is 21.1 Å². The lowest BCUT2D eigenvalue weighted by atomic mass is 10.1. The van der Waals surface area contributed by atoms with Gasteiger partial charge < -0.3 is 5.11 Å². The number of carbonyl (C=O) groups excluding carboxylic acids is 1. The monoisotopic (exact) mass is 326 g/mol. The molecule has 2 rings (SSSR count). The highest BCUT2D eigenvalue weighted by atomic mass is 79.9. The number of amides is 1. The maximum Gasteiger partial charge on any atom is 0.336 e. The minimum absolute atomic E-state index is 0.0365. The first-order valence-corrected chi connectivity index (χ1v) is 6.44.